The predicted molar refractivity (Wildman–Crippen MR) is 120 cm³/mol. The van der Waals surface area contributed by atoms with Crippen molar-refractivity contribution in [3.63, 3.8) is 0 Å². The van der Waals surface area contributed by atoms with Crippen LogP contribution >= 0.6 is 24.0 Å². The highest BCUT2D eigenvalue weighted by Crippen LogP contribution is 2.20. The van der Waals surface area contributed by atoms with E-state index in [2.05, 4.69) is 29.3 Å². The lowest BCUT2D eigenvalue weighted by Gasteiger charge is -2.34. The third kappa shape index (κ3) is 8.04. The van der Waals surface area contributed by atoms with Gasteiger partial charge in [0.2, 0.25) is 5.91 Å². The van der Waals surface area contributed by atoms with Gasteiger partial charge in [-0.05, 0) is 43.7 Å². The van der Waals surface area contributed by atoms with Gasteiger partial charge in [0.15, 0.2) is 5.96 Å². The second kappa shape index (κ2) is 12.9. The molecule has 0 bridgehead atoms. The molecule has 1 heterocycles. The van der Waals surface area contributed by atoms with Gasteiger partial charge in [-0.2, -0.15) is 0 Å². The molecule has 27 heavy (non-hydrogen) atoms. The molecule has 1 aromatic rings. The van der Waals surface area contributed by atoms with E-state index >= 15 is 0 Å². The molecule has 3 N–H and O–H groups in total. The minimum absolute atomic E-state index is 0. The van der Waals surface area contributed by atoms with Crippen molar-refractivity contribution in [3.8, 4) is 0 Å². The van der Waals surface area contributed by atoms with Gasteiger partial charge in [0.05, 0.1) is 13.2 Å². The zero-order valence-corrected chi connectivity index (χ0v) is 18.8. The quantitative estimate of drug-likeness (QED) is 0.335. The molecule has 6 nitrogen and oxygen atoms in total. The number of piperidine rings is 1. The summed E-state index contributed by atoms with van der Waals surface area (Å²) < 4.78 is 5.56. The average Bonchev–Trinajstić information content (AvgIpc) is 2.64. The van der Waals surface area contributed by atoms with Crippen molar-refractivity contribution in [1.29, 1.82) is 0 Å². The molecule has 1 aliphatic rings. The molecule has 1 unspecified atom stereocenters. The van der Waals surface area contributed by atoms with Crippen LogP contribution in [0.5, 0.6) is 0 Å². The van der Waals surface area contributed by atoms with Gasteiger partial charge in [-0.15, -0.1) is 24.0 Å². The molecule has 0 aromatic heterocycles. The van der Waals surface area contributed by atoms with E-state index in [1.54, 1.807) is 0 Å². The van der Waals surface area contributed by atoms with Gasteiger partial charge in [-0.25, -0.2) is 4.99 Å². The summed E-state index contributed by atoms with van der Waals surface area (Å²) in [5, 5.41) is 3.39. The van der Waals surface area contributed by atoms with Crippen molar-refractivity contribution < 1.29 is 9.53 Å². The molecule has 0 aliphatic carbocycles. The summed E-state index contributed by atoms with van der Waals surface area (Å²) in [5.74, 6) is 1.01. The number of likely N-dealkylation sites (tertiary alicyclic amines) is 1. The third-order valence-corrected chi connectivity index (χ3v) is 4.62. The summed E-state index contributed by atoms with van der Waals surface area (Å²) in [6.07, 6.45) is 2.56. The van der Waals surface area contributed by atoms with Crippen molar-refractivity contribution in [2.24, 2.45) is 16.6 Å². The summed E-state index contributed by atoms with van der Waals surface area (Å²) in [6, 6.07) is 8.27. The number of aliphatic imine (C=N–C) groups is 1. The summed E-state index contributed by atoms with van der Waals surface area (Å²) >= 11 is 0. The van der Waals surface area contributed by atoms with E-state index in [1.807, 2.05) is 19.1 Å². The Morgan fingerprint density at radius 1 is 1.33 bits per heavy atom. The number of benzene rings is 1. The molecule has 1 fully saturated rings. The van der Waals surface area contributed by atoms with Gasteiger partial charge in [0.25, 0.3) is 0 Å². The predicted octanol–water partition coefficient (Wildman–Crippen LogP) is 2.89. The monoisotopic (exact) mass is 488 g/mol. The Labute approximate surface area is 179 Å². The number of guanidine groups is 1. The number of nitrogens with zero attached hydrogens (tertiary/aromatic N) is 2. The van der Waals surface area contributed by atoms with Crippen LogP contribution in [-0.2, 0) is 22.7 Å². The molecule has 7 heteroatoms. The van der Waals surface area contributed by atoms with E-state index in [4.69, 9.17) is 15.5 Å². The Bertz CT molecular complexity index is 609. The van der Waals surface area contributed by atoms with Gasteiger partial charge < -0.3 is 20.7 Å². The molecule has 0 spiro atoms. The van der Waals surface area contributed by atoms with Crippen LogP contribution in [0.25, 0.3) is 0 Å². The van der Waals surface area contributed by atoms with E-state index in [-0.39, 0.29) is 29.9 Å². The molecule has 1 atom stereocenters. The standard InChI is InChI=1S/C20H32N4O2.HI/c1-3-22-20(24-11-7-8-16(14-24)12-19(21)25)23-13-17-9-5-6-10-18(17)15-26-4-2;/h5-6,9-10,16H,3-4,7-8,11-15H2,1-2H3,(H2,21,25)(H,22,23);1H. The fourth-order valence-electron chi connectivity index (χ4n) is 3.36. The number of carbonyl (C=O) groups is 1. The third-order valence-electron chi connectivity index (χ3n) is 4.62. The topological polar surface area (TPSA) is 80.0 Å². The molecule has 1 amide bonds. The molecule has 152 valence electrons. The Morgan fingerprint density at radius 3 is 2.74 bits per heavy atom. The van der Waals surface area contributed by atoms with Crippen molar-refractivity contribution in [2.45, 2.75) is 46.3 Å². The van der Waals surface area contributed by atoms with E-state index in [9.17, 15) is 4.79 Å². The Hall–Kier alpha value is -1.35. The first-order valence-corrected chi connectivity index (χ1v) is 9.60. The number of rotatable bonds is 8. The molecule has 1 saturated heterocycles. The second-order valence-electron chi connectivity index (χ2n) is 6.70. The van der Waals surface area contributed by atoms with Crippen LogP contribution in [0.4, 0.5) is 0 Å². The summed E-state index contributed by atoms with van der Waals surface area (Å²) in [4.78, 5) is 18.4. The molecule has 2 rings (SSSR count). The van der Waals surface area contributed by atoms with Gasteiger partial charge >= 0.3 is 0 Å². The van der Waals surface area contributed by atoms with Crippen LogP contribution in [0.3, 0.4) is 0 Å². The highest BCUT2D eigenvalue weighted by Gasteiger charge is 2.23. The molecule has 1 aromatic carbocycles. The number of carbonyl (C=O) groups excluding carboxylic acids is 1. The lowest BCUT2D eigenvalue weighted by Crippen LogP contribution is -2.47. The lowest BCUT2D eigenvalue weighted by molar-refractivity contribution is -0.119. The first-order valence-electron chi connectivity index (χ1n) is 9.60. The van der Waals surface area contributed by atoms with E-state index in [1.165, 1.54) is 11.1 Å². The number of hydrogen-bond acceptors (Lipinski definition) is 3. The van der Waals surface area contributed by atoms with Gasteiger partial charge in [-0.3, -0.25) is 4.79 Å². The summed E-state index contributed by atoms with van der Waals surface area (Å²) in [6.45, 7) is 8.61. The normalized spacial score (nSPS) is 17.3. The largest absolute Gasteiger partial charge is 0.377 e. The maximum absolute atomic E-state index is 11.3. The van der Waals surface area contributed by atoms with E-state index in [0.29, 0.717) is 32.1 Å². The number of amides is 1. The maximum Gasteiger partial charge on any atom is 0.217 e. The number of primary amides is 1. The number of halogens is 1. The van der Waals surface area contributed by atoms with Crippen LogP contribution in [0.15, 0.2) is 29.3 Å². The van der Waals surface area contributed by atoms with Crippen LogP contribution in [-0.4, -0.2) is 43.0 Å². The fourth-order valence-corrected chi connectivity index (χ4v) is 3.36. The van der Waals surface area contributed by atoms with Gasteiger partial charge in [0.1, 0.15) is 0 Å². The first kappa shape index (κ1) is 23.7. The van der Waals surface area contributed by atoms with Crippen LogP contribution < -0.4 is 11.1 Å². The van der Waals surface area contributed by atoms with Crippen molar-refractivity contribution in [2.75, 3.05) is 26.2 Å². The minimum Gasteiger partial charge on any atom is -0.377 e. The zero-order chi connectivity index (χ0) is 18.8. The number of nitrogens with one attached hydrogen (secondary N) is 1. The smallest absolute Gasteiger partial charge is 0.217 e. The second-order valence-corrected chi connectivity index (χ2v) is 6.70. The molecule has 0 radical (unpaired) electrons. The Kier molecular flexibility index (Phi) is 11.3. The summed E-state index contributed by atoms with van der Waals surface area (Å²) in [5.41, 5.74) is 7.74. The van der Waals surface area contributed by atoms with E-state index < -0.39 is 0 Å². The SMILES string of the molecule is CCNC(=NCc1ccccc1COCC)N1CCCC(CC(N)=O)C1.I. The summed E-state index contributed by atoms with van der Waals surface area (Å²) in [7, 11) is 0. The van der Waals surface area contributed by atoms with Crippen LogP contribution in [0, 0.1) is 5.92 Å². The van der Waals surface area contributed by atoms with Crippen molar-refractivity contribution in [1.82, 2.24) is 10.2 Å². The zero-order valence-electron chi connectivity index (χ0n) is 16.4. The van der Waals surface area contributed by atoms with Crippen LogP contribution in [0.1, 0.15) is 44.2 Å². The fraction of sp³-hybridized carbons (Fsp3) is 0.600. The van der Waals surface area contributed by atoms with Gasteiger partial charge in [-0.1, -0.05) is 24.3 Å². The number of ether oxygens (including phenoxy) is 1. The van der Waals surface area contributed by atoms with Gasteiger partial charge in [0, 0.05) is 32.7 Å². The Morgan fingerprint density at radius 2 is 2.07 bits per heavy atom. The number of nitrogens with two attached hydrogens (primary N) is 1. The molecule has 0 saturated carbocycles. The molecule has 1 aliphatic heterocycles. The molecular weight excluding hydrogens is 455 g/mol. The minimum atomic E-state index is -0.219. The Balaban J connectivity index is 0.00000364. The highest BCUT2D eigenvalue weighted by molar-refractivity contribution is 14.0. The number of hydrogen-bond donors (Lipinski definition) is 2. The first-order chi connectivity index (χ1) is 12.6. The van der Waals surface area contributed by atoms with Crippen molar-refractivity contribution >= 4 is 35.8 Å². The molecular formula is C20H33IN4O2. The lowest BCUT2D eigenvalue weighted by atomic mass is 9.95. The maximum atomic E-state index is 11.3. The van der Waals surface area contributed by atoms with Crippen LogP contribution in [0.2, 0.25) is 0 Å². The van der Waals surface area contributed by atoms with Crippen molar-refractivity contribution in [3.05, 3.63) is 35.4 Å². The highest BCUT2D eigenvalue weighted by atomic mass is 127. The average molecular weight is 488 g/mol. The van der Waals surface area contributed by atoms with E-state index in [0.717, 1.165) is 38.4 Å².